The van der Waals surface area contributed by atoms with Crippen molar-refractivity contribution < 1.29 is 4.74 Å². The first-order valence-electron chi connectivity index (χ1n) is 5.33. The summed E-state index contributed by atoms with van der Waals surface area (Å²) < 4.78 is 5.71. The van der Waals surface area contributed by atoms with Crippen molar-refractivity contribution in [1.29, 1.82) is 5.26 Å². The second-order valence-electron chi connectivity index (χ2n) is 4.11. The van der Waals surface area contributed by atoms with Crippen molar-refractivity contribution in [2.24, 2.45) is 0 Å². The number of hydrogen-bond acceptors (Lipinski definition) is 2. The Hall–Kier alpha value is -1.75. The van der Waals surface area contributed by atoms with Gasteiger partial charge in [-0.3, -0.25) is 0 Å². The number of hydrogen-bond donors (Lipinski definition) is 0. The summed E-state index contributed by atoms with van der Waals surface area (Å²) in [7, 11) is 0. The second kappa shape index (κ2) is 5.37. The quantitative estimate of drug-likeness (QED) is 0.720. The lowest BCUT2D eigenvalue weighted by atomic mass is 10.1. The highest BCUT2D eigenvalue weighted by molar-refractivity contribution is 5.47. The lowest BCUT2D eigenvalue weighted by Crippen LogP contribution is -2.01. The van der Waals surface area contributed by atoms with Gasteiger partial charge in [0, 0.05) is 6.42 Å². The molecular formula is C14H17NO. The van der Waals surface area contributed by atoms with E-state index in [1.54, 1.807) is 0 Å². The number of nitrogens with zero attached hydrogens (tertiary/aromatic N) is 1. The van der Waals surface area contributed by atoms with Gasteiger partial charge in [0.2, 0.25) is 0 Å². The van der Waals surface area contributed by atoms with Crippen molar-refractivity contribution >= 4 is 0 Å². The molecule has 0 aromatic heterocycles. The van der Waals surface area contributed by atoms with Gasteiger partial charge in [0.25, 0.3) is 0 Å². The van der Waals surface area contributed by atoms with Gasteiger partial charge in [0.05, 0.1) is 18.2 Å². The maximum absolute atomic E-state index is 8.82. The van der Waals surface area contributed by atoms with Crippen LogP contribution in [0.2, 0.25) is 0 Å². The Kier molecular flexibility index (Phi) is 4.13. The Morgan fingerprint density at radius 1 is 1.38 bits per heavy atom. The molecular weight excluding hydrogens is 198 g/mol. The predicted octanol–water partition coefficient (Wildman–Crippen LogP) is 3.52. The Morgan fingerprint density at radius 2 is 1.94 bits per heavy atom. The molecule has 0 aliphatic heterocycles. The second-order valence-corrected chi connectivity index (χ2v) is 4.11. The maximum atomic E-state index is 8.82. The number of ether oxygens (including phenoxy) is 1. The van der Waals surface area contributed by atoms with Gasteiger partial charge in [0.1, 0.15) is 5.75 Å². The fraction of sp³-hybridized carbons (Fsp3) is 0.357. The van der Waals surface area contributed by atoms with E-state index in [1.165, 1.54) is 0 Å². The van der Waals surface area contributed by atoms with Crippen LogP contribution in [0.5, 0.6) is 5.75 Å². The number of benzene rings is 1. The zero-order valence-corrected chi connectivity index (χ0v) is 10.1. The molecule has 0 radical (unpaired) electrons. The summed E-state index contributed by atoms with van der Waals surface area (Å²) in [6, 6.07) is 5.84. The third-order valence-corrected chi connectivity index (χ3v) is 2.36. The third-order valence-electron chi connectivity index (χ3n) is 2.36. The molecule has 0 aliphatic rings. The summed E-state index contributed by atoms with van der Waals surface area (Å²) in [5.74, 6) is 0.889. The molecule has 1 rings (SSSR count). The molecule has 0 aliphatic carbocycles. The van der Waals surface area contributed by atoms with Crippen molar-refractivity contribution in [3.05, 3.63) is 41.0 Å². The Bertz CT molecular complexity index is 418. The molecule has 84 valence electrons. The summed E-state index contributed by atoms with van der Waals surface area (Å²) in [5, 5.41) is 8.82. The first-order chi connectivity index (χ1) is 7.54. The maximum Gasteiger partial charge on any atom is 0.125 e. The molecule has 0 spiro atoms. The first-order valence-corrected chi connectivity index (χ1v) is 5.33. The Morgan fingerprint density at radius 3 is 2.38 bits per heavy atom. The molecule has 0 saturated carbocycles. The largest absolute Gasteiger partial charge is 0.493 e. The van der Waals surface area contributed by atoms with Crippen LogP contribution in [0.1, 0.15) is 30.0 Å². The Balaban J connectivity index is 2.81. The predicted molar refractivity (Wildman–Crippen MR) is 65.6 cm³/mol. The van der Waals surface area contributed by atoms with Crippen LogP contribution < -0.4 is 4.74 Å². The topological polar surface area (TPSA) is 33.0 Å². The van der Waals surface area contributed by atoms with Crippen molar-refractivity contribution in [2.45, 2.75) is 27.2 Å². The highest BCUT2D eigenvalue weighted by Crippen LogP contribution is 2.24. The third kappa shape index (κ3) is 3.13. The smallest absolute Gasteiger partial charge is 0.125 e. The minimum atomic E-state index is 0.642. The van der Waals surface area contributed by atoms with Crippen LogP contribution in [-0.4, -0.2) is 6.61 Å². The van der Waals surface area contributed by atoms with Gasteiger partial charge < -0.3 is 4.74 Å². The highest BCUT2D eigenvalue weighted by Gasteiger charge is 2.06. The number of aryl methyl sites for hydroxylation is 2. The van der Waals surface area contributed by atoms with E-state index in [4.69, 9.17) is 10.00 Å². The SMILES string of the molecule is C=C(C)CCOc1c(C)cc(C#N)cc1C. The molecule has 0 saturated heterocycles. The van der Waals surface area contributed by atoms with Gasteiger partial charge in [-0.05, 0) is 44.0 Å². The van der Waals surface area contributed by atoms with Gasteiger partial charge in [-0.2, -0.15) is 5.26 Å². The summed E-state index contributed by atoms with van der Waals surface area (Å²) in [5.41, 5.74) is 3.82. The minimum absolute atomic E-state index is 0.642. The van der Waals surface area contributed by atoms with Crippen molar-refractivity contribution in [1.82, 2.24) is 0 Å². The van der Waals surface area contributed by atoms with Gasteiger partial charge in [0.15, 0.2) is 0 Å². The normalized spacial score (nSPS) is 9.62. The van der Waals surface area contributed by atoms with E-state index < -0.39 is 0 Å². The molecule has 0 N–H and O–H groups in total. The molecule has 0 fully saturated rings. The monoisotopic (exact) mass is 215 g/mol. The molecule has 0 atom stereocenters. The van der Waals surface area contributed by atoms with E-state index >= 15 is 0 Å². The van der Waals surface area contributed by atoms with E-state index in [0.717, 1.165) is 28.9 Å². The molecule has 0 amide bonds. The standard InChI is InChI=1S/C14H17NO/c1-10(2)5-6-16-14-11(3)7-13(9-15)8-12(14)4/h7-8H,1,5-6H2,2-4H3. The van der Waals surface area contributed by atoms with Crippen LogP contribution in [0.4, 0.5) is 0 Å². The lowest BCUT2D eigenvalue weighted by molar-refractivity contribution is 0.317. The summed E-state index contributed by atoms with van der Waals surface area (Å²) >= 11 is 0. The minimum Gasteiger partial charge on any atom is -0.493 e. The summed E-state index contributed by atoms with van der Waals surface area (Å²) in [6.45, 7) is 10.4. The van der Waals surface area contributed by atoms with Crippen LogP contribution in [0.25, 0.3) is 0 Å². The molecule has 2 nitrogen and oxygen atoms in total. The van der Waals surface area contributed by atoms with E-state index in [2.05, 4.69) is 12.6 Å². The first kappa shape index (κ1) is 12.3. The van der Waals surface area contributed by atoms with E-state index in [9.17, 15) is 0 Å². The molecule has 0 heterocycles. The molecule has 16 heavy (non-hydrogen) atoms. The van der Waals surface area contributed by atoms with Crippen molar-refractivity contribution in [3.63, 3.8) is 0 Å². The van der Waals surface area contributed by atoms with Crippen LogP contribution in [0.15, 0.2) is 24.3 Å². The van der Waals surface area contributed by atoms with Crippen LogP contribution in [-0.2, 0) is 0 Å². The van der Waals surface area contributed by atoms with Gasteiger partial charge in [-0.25, -0.2) is 0 Å². The Labute approximate surface area is 97.2 Å². The summed E-state index contributed by atoms with van der Waals surface area (Å²) in [4.78, 5) is 0. The van der Waals surface area contributed by atoms with Gasteiger partial charge >= 0.3 is 0 Å². The summed E-state index contributed by atoms with van der Waals surface area (Å²) in [6.07, 6.45) is 0.860. The van der Waals surface area contributed by atoms with Crippen LogP contribution in [0, 0.1) is 25.2 Å². The molecule has 0 bridgehead atoms. The highest BCUT2D eigenvalue weighted by atomic mass is 16.5. The van der Waals surface area contributed by atoms with Gasteiger partial charge in [-0.1, -0.05) is 5.57 Å². The number of nitriles is 1. The van der Waals surface area contributed by atoms with E-state index in [0.29, 0.717) is 12.2 Å². The lowest BCUT2D eigenvalue weighted by Gasteiger charge is -2.12. The van der Waals surface area contributed by atoms with Crippen molar-refractivity contribution in [3.8, 4) is 11.8 Å². The average molecular weight is 215 g/mol. The molecule has 0 unspecified atom stereocenters. The molecule has 1 aromatic rings. The number of rotatable bonds is 4. The van der Waals surface area contributed by atoms with E-state index in [-0.39, 0.29) is 0 Å². The average Bonchev–Trinajstić information content (AvgIpc) is 2.21. The zero-order chi connectivity index (χ0) is 12.1. The fourth-order valence-electron chi connectivity index (χ4n) is 1.57. The van der Waals surface area contributed by atoms with Gasteiger partial charge in [-0.15, -0.1) is 6.58 Å². The van der Waals surface area contributed by atoms with Crippen molar-refractivity contribution in [2.75, 3.05) is 6.61 Å². The van der Waals surface area contributed by atoms with Crippen LogP contribution in [0.3, 0.4) is 0 Å². The molecule has 1 aromatic carbocycles. The zero-order valence-electron chi connectivity index (χ0n) is 10.1. The molecule has 2 heteroatoms. The fourth-order valence-corrected chi connectivity index (χ4v) is 1.57. The van der Waals surface area contributed by atoms with Crippen LogP contribution >= 0.6 is 0 Å². The van der Waals surface area contributed by atoms with E-state index in [1.807, 2.05) is 32.9 Å².